The number of rotatable bonds is 4. The van der Waals surface area contributed by atoms with E-state index >= 15 is 0 Å². The quantitative estimate of drug-likeness (QED) is 0.391. The van der Waals surface area contributed by atoms with E-state index in [1.807, 2.05) is 12.7 Å². The summed E-state index contributed by atoms with van der Waals surface area (Å²) < 4.78 is 4.47. The fraction of sp³-hybridized carbons (Fsp3) is 0.231. The SMILES string of the molecule is Cc1cc2ncn(Cc3cccc(Cn4cnc5cc(C)c(C)cc54)c3)c2cc1C. The normalized spacial score (nSPS) is 11.6. The molecule has 0 fully saturated rings. The van der Waals surface area contributed by atoms with Gasteiger partial charge in [0.1, 0.15) is 0 Å². The van der Waals surface area contributed by atoms with E-state index in [4.69, 9.17) is 0 Å². The first-order chi connectivity index (χ1) is 14.5. The monoisotopic (exact) mass is 394 g/mol. The van der Waals surface area contributed by atoms with Crippen LogP contribution in [0.15, 0.2) is 61.2 Å². The fourth-order valence-corrected chi connectivity index (χ4v) is 4.10. The maximum Gasteiger partial charge on any atom is 0.0961 e. The van der Waals surface area contributed by atoms with Crippen molar-refractivity contribution in [2.45, 2.75) is 40.8 Å². The van der Waals surface area contributed by atoms with Gasteiger partial charge in [0.2, 0.25) is 0 Å². The van der Waals surface area contributed by atoms with Gasteiger partial charge in [-0.2, -0.15) is 0 Å². The van der Waals surface area contributed by atoms with Crippen molar-refractivity contribution in [2.24, 2.45) is 0 Å². The smallest absolute Gasteiger partial charge is 0.0961 e. The van der Waals surface area contributed by atoms with E-state index in [2.05, 4.69) is 95.3 Å². The van der Waals surface area contributed by atoms with Gasteiger partial charge < -0.3 is 9.13 Å². The molecule has 0 amide bonds. The Balaban J connectivity index is 1.44. The first-order valence-corrected chi connectivity index (χ1v) is 10.4. The molecule has 0 radical (unpaired) electrons. The van der Waals surface area contributed by atoms with Crippen molar-refractivity contribution in [2.75, 3.05) is 0 Å². The van der Waals surface area contributed by atoms with Crippen LogP contribution in [0.4, 0.5) is 0 Å². The van der Waals surface area contributed by atoms with E-state index in [0.29, 0.717) is 0 Å². The molecule has 4 heteroatoms. The molecule has 0 aliphatic rings. The molecule has 5 rings (SSSR count). The minimum atomic E-state index is 0.815. The molecular formula is C26H26N4. The number of benzene rings is 3. The fourth-order valence-electron chi connectivity index (χ4n) is 4.10. The van der Waals surface area contributed by atoms with Crippen LogP contribution in [-0.2, 0) is 13.1 Å². The molecule has 0 aliphatic carbocycles. The Bertz CT molecular complexity index is 1280. The van der Waals surface area contributed by atoms with E-state index < -0.39 is 0 Å². The van der Waals surface area contributed by atoms with Gasteiger partial charge in [0.15, 0.2) is 0 Å². The van der Waals surface area contributed by atoms with Gasteiger partial charge in [0.05, 0.1) is 34.7 Å². The third kappa shape index (κ3) is 3.28. The molecule has 4 nitrogen and oxygen atoms in total. The van der Waals surface area contributed by atoms with Crippen molar-refractivity contribution < 1.29 is 0 Å². The molecule has 0 saturated heterocycles. The van der Waals surface area contributed by atoms with Crippen molar-refractivity contribution in [1.82, 2.24) is 19.1 Å². The van der Waals surface area contributed by atoms with E-state index in [1.54, 1.807) is 0 Å². The minimum Gasteiger partial charge on any atom is -0.326 e. The Morgan fingerprint density at radius 2 is 1.03 bits per heavy atom. The van der Waals surface area contributed by atoms with Gasteiger partial charge >= 0.3 is 0 Å². The maximum absolute atomic E-state index is 4.60. The third-order valence-corrected chi connectivity index (χ3v) is 6.17. The molecule has 2 aromatic heterocycles. The van der Waals surface area contributed by atoms with Gasteiger partial charge in [-0.25, -0.2) is 9.97 Å². The predicted molar refractivity (Wildman–Crippen MR) is 123 cm³/mol. The zero-order valence-electron chi connectivity index (χ0n) is 18.0. The minimum absolute atomic E-state index is 0.815. The summed E-state index contributed by atoms with van der Waals surface area (Å²) in [5, 5.41) is 0. The van der Waals surface area contributed by atoms with Gasteiger partial charge in [-0.15, -0.1) is 0 Å². The van der Waals surface area contributed by atoms with Crippen molar-refractivity contribution in [3.05, 3.63) is 94.6 Å². The number of nitrogens with zero attached hydrogens (tertiary/aromatic N) is 4. The molecule has 0 bridgehead atoms. The summed E-state index contributed by atoms with van der Waals surface area (Å²) in [4.78, 5) is 9.20. The van der Waals surface area contributed by atoms with Gasteiger partial charge in [0.25, 0.3) is 0 Å². The van der Waals surface area contributed by atoms with E-state index in [1.165, 1.54) is 44.4 Å². The second kappa shape index (κ2) is 7.13. The number of aromatic nitrogens is 4. The number of hydrogen-bond acceptors (Lipinski definition) is 2. The number of fused-ring (bicyclic) bond motifs is 2. The summed E-state index contributed by atoms with van der Waals surface area (Å²) in [5.41, 5.74) is 12.2. The Hall–Kier alpha value is -3.40. The third-order valence-electron chi connectivity index (χ3n) is 6.17. The lowest BCUT2D eigenvalue weighted by Crippen LogP contribution is -2.02. The Labute approximate surface area is 176 Å². The van der Waals surface area contributed by atoms with Crippen LogP contribution in [0.2, 0.25) is 0 Å². The Kier molecular flexibility index (Phi) is 4.43. The number of aryl methyl sites for hydroxylation is 4. The molecule has 0 spiro atoms. The summed E-state index contributed by atoms with van der Waals surface area (Å²) in [5.74, 6) is 0. The molecular weight excluding hydrogens is 368 g/mol. The van der Waals surface area contributed by atoms with Gasteiger partial charge in [-0.05, 0) is 85.3 Å². The Morgan fingerprint density at radius 3 is 1.50 bits per heavy atom. The van der Waals surface area contributed by atoms with Crippen LogP contribution in [0.3, 0.4) is 0 Å². The lowest BCUT2D eigenvalue weighted by Gasteiger charge is -2.10. The molecule has 0 N–H and O–H groups in total. The highest BCUT2D eigenvalue weighted by Gasteiger charge is 2.08. The van der Waals surface area contributed by atoms with Crippen LogP contribution < -0.4 is 0 Å². The van der Waals surface area contributed by atoms with Crippen LogP contribution >= 0.6 is 0 Å². The first-order valence-electron chi connectivity index (χ1n) is 10.4. The molecule has 150 valence electrons. The summed E-state index contributed by atoms with van der Waals surface area (Å²) in [6, 6.07) is 17.6. The lowest BCUT2D eigenvalue weighted by atomic mass is 10.1. The molecule has 2 heterocycles. The summed E-state index contributed by atoms with van der Waals surface area (Å²) in [6.07, 6.45) is 3.90. The Morgan fingerprint density at radius 1 is 0.600 bits per heavy atom. The predicted octanol–water partition coefficient (Wildman–Crippen LogP) is 5.72. The van der Waals surface area contributed by atoms with Gasteiger partial charge in [0, 0.05) is 13.1 Å². The number of imidazole rings is 2. The highest BCUT2D eigenvalue weighted by molar-refractivity contribution is 5.78. The first kappa shape index (κ1) is 18.6. The van der Waals surface area contributed by atoms with Crippen LogP contribution in [0.5, 0.6) is 0 Å². The van der Waals surface area contributed by atoms with Crippen molar-refractivity contribution in [3.8, 4) is 0 Å². The van der Waals surface area contributed by atoms with Crippen molar-refractivity contribution >= 4 is 22.1 Å². The molecule has 3 aromatic carbocycles. The highest BCUT2D eigenvalue weighted by atomic mass is 15.0. The van der Waals surface area contributed by atoms with Crippen LogP contribution in [0, 0.1) is 27.7 Å². The molecule has 0 aliphatic heterocycles. The van der Waals surface area contributed by atoms with Crippen molar-refractivity contribution in [1.29, 1.82) is 0 Å². The van der Waals surface area contributed by atoms with Crippen LogP contribution in [-0.4, -0.2) is 19.1 Å². The molecule has 0 saturated carbocycles. The average Bonchev–Trinajstić information content (AvgIpc) is 3.27. The zero-order chi connectivity index (χ0) is 20.8. The van der Waals surface area contributed by atoms with Gasteiger partial charge in [-0.1, -0.05) is 24.3 Å². The standard InChI is InChI=1S/C26H26N4/c1-17-8-23-25(10-19(17)3)29(15-27-23)13-21-6-5-7-22(12-21)14-30-16-28-24-9-18(2)20(4)11-26(24)30/h5-12,15-16H,13-14H2,1-4H3. The molecule has 30 heavy (non-hydrogen) atoms. The van der Waals surface area contributed by atoms with Crippen LogP contribution in [0.1, 0.15) is 33.4 Å². The van der Waals surface area contributed by atoms with E-state index in [-0.39, 0.29) is 0 Å². The summed E-state index contributed by atoms with van der Waals surface area (Å²) in [7, 11) is 0. The largest absolute Gasteiger partial charge is 0.326 e. The zero-order valence-corrected chi connectivity index (χ0v) is 18.0. The average molecular weight is 395 g/mol. The van der Waals surface area contributed by atoms with E-state index in [0.717, 1.165) is 24.1 Å². The lowest BCUT2D eigenvalue weighted by molar-refractivity contribution is 0.803. The van der Waals surface area contributed by atoms with E-state index in [9.17, 15) is 0 Å². The maximum atomic E-state index is 4.60. The summed E-state index contributed by atoms with van der Waals surface area (Å²) >= 11 is 0. The second-order valence-electron chi connectivity index (χ2n) is 8.42. The van der Waals surface area contributed by atoms with Crippen LogP contribution in [0.25, 0.3) is 22.1 Å². The summed E-state index contributed by atoms with van der Waals surface area (Å²) in [6.45, 7) is 10.2. The molecule has 0 unspecified atom stereocenters. The molecule has 0 atom stereocenters. The molecule has 5 aromatic rings. The topological polar surface area (TPSA) is 35.6 Å². The second-order valence-corrected chi connectivity index (χ2v) is 8.42. The van der Waals surface area contributed by atoms with Crippen molar-refractivity contribution in [3.63, 3.8) is 0 Å². The highest BCUT2D eigenvalue weighted by Crippen LogP contribution is 2.22. The van der Waals surface area contributed by atoms with Gasteiger partial charge in [-0.3, -0.25) is 0 Å². The number of hydrogen-bond donors (Lipinski definition) is 0.